The van der Waals surface area contributed by atoms with Crippen molar-refractivity contribution >= 4 is 21.6 Å². The highest BCUT2D eigenvalue weighted by molar-refractivity contribution is 7.92. The number of hydrogen-bond donors (Lipinski definition) is 0. The first-order valence-corrected chi connectivity index (χ1v) is 8.15. The van der Waals surface area contributed by atoms with Crippen molar-refractivity contribution in [2.45, 2.75) is 0 Å². The van der Waals surface area contributed by atoms with Crippen LogP contribution >= 0.6 is 0 Å². The number of amides is 1. The molecule has 2 rings (SSSR count). The summed E-state index contributed by atoms with van der Waals surface area (Å²) >= 11 is 0. The fraction of sp³-hybridized carbons (Fsp3) is 0.333. The molecule has 1 aromatic heterocycles. The maximum absolute atomic E-state index is 12.0. The van der Waals surface area contributed by atoms with E-state index in [9.17, 15) is 13.2 Å². The third-order valence-corrected chi connectivity index (χ3v) is 4.05. The molecule has 0 spiro atoms. The monoisotopic (exact) mass is 324 g/mol. The first-order chi connectivity index (χ1) is 10.3. The van der Waals surface area contributed by atoms with Gasteiger partial charge in [-0.3, -0.25) is 9.10 Å². The van der Waals surface area contributed by atoms with Gasteiger partial charge in [0.15, 0.2) is 0 Å². The molecule has 10 heteroatoms. The number of likely N-dealkylation sites (N-methyl/N-ethyl adjacent to an activating group) is 1. The zero-order valence-electron chi connectivity index (χ0n) is 12.4. The molecule has 2 aromatic rings. The van der Waals surface area contributed by atoms with E-state index in [4.69, 9.17) is 0 Å². The van der Waals surface area contributed by atoms with Gasteiger partial charge in [-0.1, -0.05) is 6.07 Å². The zero-order valence-corrected chi connectivity index (χ0v) is 13.2. The lowest BCUT2D eigenvalue weighted by Gasteiger charge is -2.23. The second-order valence-corrected chi connectivity index (χ2v) is 6.74. The van der Waals surface area contributed by atoms with Gasteiger partial charge in [0.25, 0.3) is 0 Å². The van der Waals surface area contributed by atoms with E-state index in [0.717, 1.165) is 10.6 Å². The summed E-state index contributed by atoms with van der Waals surface area (Å²) in [6.45, 7) is -0.273. The predicted octanol–water partition coefficient (Wildman–Crippen LogP) is -0.483. The molecule has 0 aliphatic carbocycles. The standard InChI is InChI=1S/C12H16N6O3S/c1-16(2)12(19)8-18(22(3,20)21)11-6-4-5-10(7-11)17-9-13-14-15-17/h4-7,9H,8H2,1-3H3. The topological polar surface area (TPSA) is 101 Å². The summed E-state index contributed by atoms with van der Waals surface area (Å²) in [5, 5.41) is 10.8. The fourth-order valence-corrected chi connectivity index (χ4v) is 2.58. The molecule has 22 heavy (non-hydrogen) atoms. The molecule has 0 radical (unpaired) electrons. The Morgan fingerprint density at radius 1 is 1.32 bits per heavy atom. The molecular weight excluding hydrogens is 308 g/mol. The Morgan fingerprint density at radius 3 is 2.59 bits per heavy atom. The number of hydrogen-bond acceptors (Lipinski definition) is 6. The number of sulfonamides is 1. The third kappa shape index (κ3) is 3.58. The Balaban J connectivity index is 2.40. The Bertz CT molecular complexity index is 757. The number of anilines is 1. The van der Waals surface area contributed by atoms with Gasteiger partial charge in [-0.2, -0.15) is 0 Å². The molecule has 0 fully saturated rings. The molecule has 1 heterocycles. The molecule has 9 nitrogen and oxygen atoms in total. The molecule has 0 bridgehead atoms. The van der Waals surface area contributed by atoms with E-state index in [-0.39, 0.29) is 12.5 Å². The van der Waals surface area contributed by atoms with Gasteiger partial charge in [0.05, 0.1) is 17.6 Å². The van der Waals surface area contributed by atoms with Crippen molar-refractivity contribution in [3.63, 3.8) is 0 Å². The van der Waals surface area contributed by atoms with E-state index in [0.29, 0.717) is 11.4 Å². The molecule has 0 saturated heterocycles. The predicted molar refractivity (Wildman–Crippen MR) is 80.0 cm³/mol. The van der Waals surface area contributed by atoms with Gasteiger partial charge in [-0.05, 0) is 28.6 Å². The molecular formula is C12H16N6O3S. The van der Waals surface area contributed by atoms with Crippen LogP contribution in [-0.2, 0) is 14.8 Å². The minimum absolute atomic E-state index is 0.273. The quantitative estimate of drug-likeness (QED) is 0.736. The van der Waals surface area contributed by atoms with Crippen molar-refractivity contribution in [3.8, 4) is 5.69 Å². The van der Waals surface area contributed by atoms with E-state index in [1.165, 1.54) is 15.9 Å². The maximum Gasteiger partial charge on any atom is 0.242 e. The average Bonchev–Trinajstić information content (AvgIpc) is 2.97. The van der Waals surface area contributed by atoms with Crippen LogP contribution in [0.15, 0.2) is 30.6 Å². The average molecular weight is 324 g/mol. The number of carbonyl (C=O) groups is 1. The van der Waals surface area contributed by atoms with Crippen molar-refractivity contribution in [1.82, 2.24) is 25.1 Å². The highest BCUT2D eigenvalue weighted by Crippen LogP contribution is 2.20. The number of rotatable bonds is 5. The van der Waals surface area contributed by atoms with Gasteiger partial charge in [-0.25, -0.2) is 13.1 Å². The highest BCUT2D eigenvalue weighted by Gasteiger charge is 2.22. The second-order valence-electron chi connectivity index (χ2n) is 4.83. The van der Waals surface area contributed by atoms with E-state index in [1.807, 2.05) is 0 Å². The molecule has 0 saturated carbocycles. The number of aromatic nitrogens is 4. The Hall–Kier alpha value is -2.49. The van der Waals surface area contributed by atoms with Gasteiger partial charge in [0.1, 0.15) is 12.9 Å². The van der Waals surface area contributed by atoms with Crippen LogP contribution in [0.4, 0.5) is 5.69 Å². The van der Waals surface area contributed by atoms with E-state index < -0.39 is 10.0 Å². The second kappa shape index (κ2) is 6.10. The SMILES string of the molecule is CN(C)C(=O)CN(c1cccc(-n2cnnn2)c1)S(C)(=O)=O. The summed E-state index contributed by atoms with van der Waals surface area (Å²) in [7, 11) is -0.468. The third-order valence-electron chi connectivity index (χ3n) is 2.91. The Kier molecular flexibility index (Phi) is 4.40. The first-order valence-electron chi connectivity index (χ1n) is 6.30. The van der Waals surface area contributed by atoms with Gasteiger partial charge in [-0.15, -0.1) is 5.10 Å². The van der Waals surface area contributed by atoms with Crippen LogP contribution in [-0.4, -0.2) is 66.3 Å². The van der Waals surface area contributed by atoms with Crippen LogP contribution in [0.2, 0.25) is 0 Å². The van der Waals surface area contributed by atoms with Crippen molar-refractivity contribution in [2.75, 3.05) is 31.2 Å². The van der Waals surface area contributed by atoms with Crippen LogP contribution in [0.3, 0.4) is 0 Å². The maximum atomic E-state index is 12.0. The summed E-state index contributed by atoms with van der Waals surface area (Å²) in [4.78, 5) is 13.2. The number of tetrazole rings is 1. The van der Waals surface area contributed by atoms with E-state index in [2.05, 4.69) is 15.5 Å². The van der Waals surface area contributed by atoms with Crippen LogP contribution in [0.1, 0.15) is 0 Å². The number of carbonyl (C=O) groups excluding carboxylic acids is 1. The van der Waals surface area contributed by atoms with Gasteiger partial charge in [0.2, 0.25) is 15.9 Å². The lowest BCUT2D eigenvalue weighted by Crippen LogP contribution is -2.39. The van der Waals surface area contributed by atoms with Gasteiger partial charge in [0, 0.05) is 14.1 Å². The van der Waals surface area contributed by atoms with Crippen LogP contribution < -0.4 is 4.31 Å². The molecule has 0 aliphatic rings. The zero-order chi connectivity index (χ0) is 16.3. The van der Waals surface area contributed by atoms with Crippen molar-refractivity contribution in [2.24, 2.45) is 0 Å². The van der Waals surface area contributed by atoms with E-state index >= 15 is 0 Å². The lowest BCUT2D eigenvalue weighted by atomic mass is 10.2. The van der Waals surface area contributed by atoms with Crippen LogP contribution in [0, 0.1) is 0 Å². The first kappa shape index (κ1) is 15.9. The summed E-state index contributed by atoms with van der Waals surface area (Å²) < 4.78 is 26.4. The lowest BCUT2D eigenvalue weighted by molar-refractivity contribution is -0.127. The highest BCUT2D eigenvalue weighted by atomic mass is 32.2. The van der Waals surface area contributed by atoms with Crippen molar-refractivity contribution in [1.29, 1.82) is 0 Å². The van der Waals surface area contributed by atoms with Crippen molar-refractivity contribution < 1.29 is 13.2 Å². The van der Waals surface area contributed by atoms with Crippen LogP contribution in [0.25, 0.3) is 5.69 Å². The summed E-state index contributed by atoms with van der Waals surface area (Å²) in [6, 6.07) is 6.61. The van der Waals surface area contributed by atoms with Gasteiger partial charge >= 0.3 is 0 Å². The Labute approximate surface area is 128 Å². The summed E-state index contributed by atoms with van der Waals surface area (Å²) in [5.41, 5.74) is 0.958. The largest absolute Gasteiger partial charge is 0.347 e. The van der Waals surface area contributed by atoms with Crippen molar-refractivity contribution in [3.05, 3.63) is 30.6 Å². The van der Waals surface area contributed by atoms with Gasteiger partial charge < -0.3 is 4.90 Å². The molecule has 1 amide bonds. The molecule has 118 valence electrons. The fourth-order valence-electron chi connectivity index (χ4n) is 1.73. The number of benzene rings is 1. The summed E-state index contributed by atoms with van der Waals surface area (Å²) in [6.07, 6.45) is 2.45. The molecule has 0 N–H and O–H groups in total. The molecule has 1 aromatic carbocycles. The molecule has 0 aliphatic heterocycles. The normalized spacial score (nSPS) is 11.2. The molecule has 0 atom stereocenters. The minimum Gasteiger partial charge on any atom is -0.347 e. The number of nitrogens with zero attached hydrogens (tertiary/aromatic N) is 6. The minimum atomic E-state index is -3.61. The smallest absolute Gasteiger partial charge is 0.242 e. The molecule has 0 unspecified atom stereocenters. The summed E-state index contributed by atoms with van der Waals surface area (Å²) in [5.74, 6) is -0.321. The van der Waals surface area contributed by atoms with E-state index in [1.54, 1.807) is 38.4 Å². The van der Waals surface area contributed by atoms with Crippen LogP contribution in [0.5, 0.6) is 0 Å². The Morgan fingerprint density at radius 2 is 2.05 bits per heavy atom.